The fourth-order valence-electron chi connectivity index (χ4n) is 2.27. The van der Waals surface area contributed by atoms with Gasteiger partial charge in [0, 0.05) is 30.6 Å². The molecular formula is C13H28N4. The Bertz CT molecular complexity index is 263. The highest BCUT2D eigenvalue weighted by atomic mass is 15.3. The van der Waals surface area contributed by atoms with Gasteiger partial charge in [-0.3, -0.25) is 10.3 Å². The van der Waals surface area contributed by atoms with E-state index >= 15 is 0 Å². The van der Waals surface area contributed by atoms with Gasteiger partial charge in [-0.05, 0) is 33.9 Å². The molecule has 0 aliphatic carbocycles. The van der Waals surface area contributed by atoms with Crippen molar-refractivity contribution in [2.24, 2.45) is 11.1 Å². The van der Waals surface area contributed by atoms with E-state index in [4.69, 9.17) is 11.1 Å². The molecule has 2 unspecified atom stereocenters. The van der Waals surface area contributed by atoms with Crippen LogP contribution < -0.4 is 5.73 Å². The van der Waals surface area contributed by atoms with Crippen molar-refractivity contribution in [3.8, 4) is 0 Å². The lowest BCUT2D eigenvalue weighted by Gasteiger charge is -2.43. The minimum Gasteiger partial charge on any atom is -0.387 e. The summed E-state index contributed by atoms with van der Waals surface area (Å²) in [5.41, 5.74) is 5.45. The van der Waals surface area contributed by atoms with Crippen LogP contribution in [0.2, 0.25) is 0 Å². The van der Waals surface area contributed by atoms with Crippen LogP contribution in [0.1, 0.15) is 34.1 Å². The van der Waals surface area contributed by atoms with E-state index in [0.29, 0.717) is 17.9 Å². The molecule has 0 aromatic rings. The van der Waals surface area contributed by atoms with E-state index in [-0.39, 0.29) is 5.41 Å². The van der Waals surface area contributed by atoms with Gasteiger partial charge in [-0.1, -0.05) is 13.8 Å². The topological polar surface area (TPSA) is 56.4 Å². The van der Waals surface area contributed by atoms with Crippen molar-refractivity contribution < 1.29 is 0 Å². The van der Waals surface area contributed by atoms with Crippen LogP contribution in [0, 0.1) is 10.8 Å². The Morgan fingerprint density at radius 1 is 1.29 bits per heavy atom. The highest BCUT2D eigenvalue weighted by molar-refractivity contribution is 5.82. The number of likely N-dealkylation sites (N-methyl/N-ethyl adjacent to an activating group) is 1. The van der Waals surface area contributed by atoms with Gasteiger partial charge in [-0.15, -0.1) is 0 Å². The smallest absolute Gasteiger partial charge is 0.0963 e. The van der Waals surface area contributed by atoms with Crippen molar-refractivity contribution in [1.29, 1.82) is 5.41 Å². The van der Waals surface area contributed by atoms with Crippen molar-refractivity contribution >= 4 is 5.84 Å². The summed E-state index contributed by atoms with van der Waals surface area (Å²) in [7, 11) is 2.20. The van der Waals surface area contributed by atoms with Crippen LogP contribution in [0.4, 0.5) is 0 Å². The molecule has 1 aliphatic heterocycles. The summed E-state index contributed by atoms with van der Waals surface area (Å²) in [6.45, 7) is 11.9. The molecule has 3 N–H and O–H groups in total. The van der Waals surface area contributed by atoms with Crippen molar-refractivity contribution in [3.05, 3.63) is 0 Å². The Hall–Kier alpha value is -0.610. The summed E-state index contributed by atoms with van der Waals surface area (Å²) < 4.78 is 0. The van der Waals surface area contributed by atoms with Gasteiger partial charge >= 0.3 is 0 Å². The zero-order chi connectivity index (χ0) is 13.2. The molecule has 0 aromatic heterocycles. The van der Waals surface area contributed by atoms with E-state index in [9.17, 15) is 0 Å². The predicted octanol–water partition coefficient (Wildman–Crippen LogP) is 1.36. The molecule has 4 heteroatoms. The van der Waals surface area contributed by atoms with Crippen molar-refractivity contribution in [2.45, 2.75) is 46.2 Å². The van der Waals surface area contributed by atoms with Gasteiger partial charge < -0.3 is 10.6 Å². The molecule has 0 radical (unpaired) electrons. The van der Waals surface area contributed by atoms with Gasteiger partial charge in [0.1, 0.15) is 0 Å². The van der Waals surface area contributed by atoms with E-state index in [2.05, 4.69) is 44.5 Å². The molecule has 17 heavy (non-hydrogen) atoms. The Morgan fingerprint density at radius 3 is 2.18 bits per heavy atom. The maximum Gasteiger partial charge on any atom is 0.0963 e. The average molecular weight is 240 g/mol. The molecule has 0 aromatic carbocycles. The Labute approximate surface area is 106 Å². The molecule has 1 aliphatic rings. The molecule has 0 bridgehead atoms. The van der Waals surface area contributed by atoms with Crippen LogP contribution >= 0.6 is 0 Å². The minimum atomic E-state index is -0.171. The lowest BCUT2D eigenvalue weighted by molar-refractivity contribution is 0.0559. The van der Waals surface area contributed by atoms with Crippen molar-refractivity contribution in [1.82, 2.24) is 9.80 Å². The Kier molecular flexibility index (Phi) is 4.55. The molecule has 2 atom stereocenters. The van der Waals surface area contributed by atoms with Crippen molar-refractivity contribution in [3.63, 3.8) is 0 Å². The monoisotopic (exact) mass is 240 g/mol. The number of nitrogens with one attached hydrogen (secondary N) is 1. The zero-order valence-electron chi connectivity index (χ0n) is 12.0. The number of nitrogens with two attached hydrogens (primary N) is 1. The van der Waals surface area contributed by atoms with Crippen LogP contribution in [0.25, 0.3) is 0 Å². The van der Waals surface area contributed by atoms with Gasteiger partial charge in [0.25, 0.3) is 0 Å². The third-order valence-corrected chi connectivity index (χ3v) is 4.22. The highest BCUT2D eigenvalue weighted by Gasteiger charge is 2.28. The van der Waals surface area contributed by atoms with Gasteiger partial charge in [-0.25, -0.2) is 0 Å². The first-order valence-corrected chi connectivity index (χ1v) is 6.53. The molecule has 0 amide bonds. The van der Waals surface area contributed by atoms with Crippen LogP contribution in [-0.2, 0) is 0 Å². The minimum absolute atomic E-state index is 0.171. The standard InChI is InChI=1S/C13H28N4/c1-10-8-17(9-11(2)16(10)5)7-6-13(3,4)12(14)15/h10-11H,6-9H2,1-5H3,(H3,14,15). The summed E-state index contributed by atoms with van der Waals surface area (Å²) in [4.78, 5) is 4.94. The second kappa shape index (κ2) is 5.36. The molecule has 0 saturated carbocycles. The number of hydrogen-bond acceptors (Lipinski definition) is 3. The van der Waals surface area contributed by atoms with E-state index in [1.807, 2.05) is 0 Å². The normalized spacial score (nSPS) is 28.3. The Morgan fingerprint density at radius 2 is 1.76 bits per heavy atom. The largest absolute Gasteiger partial charge is 0.387 e. The van der Waals surface area contributed by atoms with Gasteiger partial charge in [-0.2, -0.15) is 0 Å². The lowest BCUT2D eigenvalue weighted by atomic mass is 9.87. The quantitative estimate of drug-likeness (QED) is 0.576. The first-order valence-electron chi connectivity index (χ1n) is 6.53. The van der Waals surface area contributed by atoms with E-state index in [1.54, 1.807) is 0 Å². The molecule has 1 saturated heterocycles. The molecule has 100 valence electrons. The molecule has 1 rings (SSSR count). The summed E-state index contributed by atoms with van der Waals surface area (Å²) in [6.07, 6.45) is 0.964. The van der Waals surface area contributed by atoms with Crippen molar-refractivity contribution in [2.75, 3.05) is 26.7 Å². The van der Waals surface area contributed by atoms with Crippen LogP contribution in [0.5, 0.6) is 0 Å². The summed E-state index contributed by atoms with van der Waals surface area (Å²) in [6, 6.07) is 1.22. The second-order valence-electron chi connectivity index (χ2n) is 6.17. The van der Waals surface area contributed by atoms with Gasteiger partial charge in [0.15, 0.2) is 0 Å². The Balaban J connectivity index is 2.46. The molecule has 1 heterocycles. The SMILES string of the molecule is CC1CN(CCC(C)(C)C(=N)N)CC(C)N1C. The predicted molar refractivity (Wildman–Crippen MR) is 73.4 cm³/mol. The number of amidine groups is 1. The third-order valence-electron chi connectivity index (χ3n) is 4.22. The van der Waals surface area contributed by atoms with Crippen LogP contribution in [-0.4, -0.2) is 54.4 Å². The number of nitrogens with zero attached hydrogens (tertiary/aromatic N) is 2. The fourth-order valence-corrected chi connectivity index (χ4v) is 2.27. The molecule has 0 spiro atoms. The number of rotatable bonds is 4. The van der Waals surface area contributed by atoms with Crippen LogP contribution in [0.15, 0.2) is 0 Å². The van der Waals surface area contributed by atoms with E-state index in [1.165, 1.54) is 0 Å². The second-order valence-corrected chi connectivity index (χ2v) is 6.17. The third kappa shape index (κ3) is 3.68. The maximum atomic E-state index is 7.58. The van der Waals surface area contributed by atoms with Gasteiger partial charge in [0.2, 0.25) is 0 Å². The van der Waals surface area contributed by atoms with E-state index in [0.717, 1.165) is 26.1 Å². The summed E-state index contributed by atoms with van der Waals surface area (Å²) in [5.74, 6) is 0.299. The molecule has 4 nitrogen and oxygen atoms in total. The van der Waals surface area contributed by atoms with Crippen LogP contribution in [0.3, 0.4) is 0 Å². The lowest BCUT2D eigenvalue weighted by Crippen LogP contribution is -2.55. The van der Waals surface area contributed by atoms with Gasteiger partial charge in [0.05, 0.1) is 5.84 Å². The number of hydrogen-bond donors (Lipinski definition) is 2. The summed E-state index contributed by atoms with van der Waals surface area (Å²) >= 11 is 0. The zero-order valence-corrected chi connectivity index (χ0v) is 12.0. The highest BCUT2D eigenvalue weighted by Crippen LogP contribution is 2.22. The fraction of sp³-hybridized carbons (Fsp3) is 0.923. The first kappa shape index (κ1) is 14.5. The maximum absolute atomic E-state index is 7.58. The number of piperazine rings is 1. The molecule has 1 fully saturated rings. The molecular weight excluding hydrogens is 212 g/mol. The average Bonchev–Trinajstić information content (AvgIpc) is 2.22. The first-order chi connectivity index (χ1) is 7.74. The summed E-state index contributed by atoms with van der Waals surface area (Å²) in [5, 5.41) is 7.58. The van der Waals surface area contributed by atoms with E-state index < -0.39 is 0 Å².